The van der Waals surface area contributed by atoms with Gasteiger partial charge < -0.3 is 22.1 Å². The molecule has 0 aromatic heterocycles. The maximum atomic E-state index is 13.4. The van der Waals surface area contributed by atoms with Crippen LogP contribution in [0.2, 0.25) is 5.02 Å². The minimum absolute atomic E-state index is 0.0897. The van der Waals surface area contributed by atoms with Crippen LogP contribution in [-0.4, -0.2) is 23.6 Å². The van der Waals surface area contributed by atoms with Crippen molar-refractivity contribution in [1.29, 1.82) is 0 Å². The molecule has 2 rings (SSSR count). The summed E-state index contributed by atoms with van der Waals surface area (Å²) in [4.78, 5) is 16.4. The van der Waals surface area contributed by atoms with Crippen LogP contribution in [0.5, 0.6) is 0 Å². The number of aliphatic imine (C=N–C) groups is 1. The van der Waals surface area contributed by atoms with Gasteiger partial charge in [0.2, 0.25) is 5.96 Å². The average molecular weight is 438 g/mol. The van der Waals surface area contributed by atoms with Crippen LogP contribution in [-0.2, 0) is 0 Å². The lowest BCUT2D eigenvalue weighted by atomic mass is 10.0. The molecule has 6 N–H and O–H groups in total. The van der Waals surface area contributed by atoms with E-state index in [0.29, 0.717) is 11.4 Å². The average Bonchev–Trinajstić information content (AvgIpc) is 2.62. The summed E-state index contributed by atoms with van der Waals surface area (Å²) in [5.41, 5.74) is 12.7. The van der Waals surface area contributed by atoms with E-state index >= 15 is 0 Å². The van der Waals surface area contributed by atoms with E-state index in [9.17, 15) is 13.6 Å². The van der Waals surface area contributed by atoms with E-state index in [1.54, 1.807) is 18.2 Å². The Bertz CT molecular complexity index is 930. The molecule has 0 saturated heterocycles. The van der Waals surface area contributed by atoms with Gasteiger partial charge in [-0.1, -0.05) is 23.7 Å². The van der Waals surface area contributed by atoms with Crippen LogP contribution < -0.4 is 22.1 Å². The second kappa shape index (κ2) is 9.97. The zero-order valence-corrected chi connectivity index (χ0v) is 17.8. The fourth-order valence-corrected chi connectivity index (χ4v) is 2.83. The SMILES string of the molecule is CC(C)(C)N/C(=N/C(=O)c1ccc(F)c(F)c1)NC(N)CC(N)c1cccc(Cl)c1. The van der Waals surface area contributed by atoms with Crippen molar-refractivity contribution in [1.82, 2.24) is 10.6 Å². The highest BCUT2D eigenvalue weighted by Crippen LogP contribution is 2.19. The third-order valence-corrected chi connectivity index (χ3v) is 4.22. The number of hydrogen-bond acceptors (Lipinski definition) is 3. The molecular weight excluding hydrogens is 412 g/mol. The molecule has 2 atom stereocenters. The third-order valence-electron chi connectivity index (χ3n) is 3.98. The quantitative estimate of drug-likeness (QED) is 0.325. The highest BCUT2D eigenvalue weighted by molar-refractivity contribution is 6.30. The van der Waals surface area contributed by atoms with Crippen molar-refractivity contribution in [3.8, 4) is 0 Å². The third kappa shape index (κ3) is 7.37. The van der Waals surface area contributed by atoms with Crippen molar-refractivity contribution in [3.63, 3.8) is 0 Å². The number of nitrogens with one attached hydrogen (secondary N) is 2. The van der Waals surface area contributed by atoms with Crippen LogP contribution in [0.15, 0.2) is 47.5 Å². The molecule has 0 heterocycles. The van der Waals surface area contributed by atoms with Crippen LogP contribution >= 0.6 is 11.6 Å². The van der Waals surface area contributed by atoms with Gasteiger partial charge in [-0.05, 0) is 63.1 Å². The second-order valence-corrected chi connectivity index (χ2v) is 8.35. The molecule has 6 nitrogen and oxygen atoms in total. The lowest BCUT2D eigenvalue weighted by Gasteiger charge is -2.27. The summed E-state index contributed by atoms with van der Waals surface area (Å²) < 4.78 is 26.6. The maximum Gasteiger partial charge on any atom is 0.280 e. The standard InChI is InChI=1S/C21H26ClF2N5O/c1-21(2,3)29-20(28-19(30)13-7-8-15(23)16(24)10-13)27-18(26)11-17(25)12-5-4-6-14(22)9-12/h4-10,17-18H,11,25-26H2,1-3H3,(H2,27,28,29,30). The number of benzene rings is 2. The van der Waals surface area contributed by atoms with Gasteiger partial charge in [0.05, 0.1) is 6.17 Å². The Hall–Kier alpha value is -2.55. The number of carbonyl (C=O) groups is 1. The Morgan fingerprint density at radius 2 is 1.83 bits per heavy atom. The monoisotopic (exact) mass is 437 g/mol. The fraction of sp³-hybridized carbons (Fsp3) is 0.333. The number of amides is 1. The number of hydrogen-bond donors (Lipinski definition) is 4. The van der Waals surface area contributed by atoms with E-state index in [4.69, 9.17) is 23.1 Å². The summed E-state index contributed by atoms with van der Waals surface area (Å²) in [5, 5.41) is 6.54. The summed E-state index contributed by atoms with van der Waals surface area (Å²) in [6.07, 6.45) is -0.324. The molecule has 0 radical (unpaired) electrons. The van der Waals surface area contributed by atoms with Gasteiger partial charge in [-0.15, -0.1) is 0 Å². The summed E-state index contributed by atoms with van der Waals surface area (Å²) in [6, 6.07) is 9.58. The maximum absolute atomic E-state index is 13.4. The Kier molecular flexibility index (Phi) is 7.89. The highest BCUT2D eigenvalue weighted by Gasteiger charge is 2.19. The molecule has 2 unspecified atom stereocenters. The summed E-state index contributed by atoms with van der Waals surface area (Å²) >= 11 is 6.00. The molecule has 0 fully saturated rings. The van der Waals surface area contributed by atoms with Gasteiger partial charge in [0.15, 0.2) is 11.6 Å². The van der Waals surface area contributed by atoms with E-state index in [1.807, 2.05) is 26.8 Å². The first-order chi connectivity index (χ1) is 13.9. The zero-order chi connectivity index (χ0) is 22.5. The largest absolute Gasteiger partial charge is 0.351 e. The molecule has 0 spiro atoms. The summed E-state index contributed by atoms with van der Waals surface area (Å²) in [5.74, 6) is -2.82. The lowest BCUT2D eigenvalue weighted by molar-refractivity contribution is 0.100. The normalized spacial score (nSPS) is 14.2. The number of nitrogens with two attached hydrogens (primary N) is 2. The number of guanidine groups is 1. The van der Waals surface area contributed by atoms with Gasteiger partial charge in [-0.2, -0.15) is 4.99 Å². The molecule has 1 amide bonds. The van der Waals surface area contributed by atoms with E-state index in [2.05, 4.69) is 15.6 Å². The van der Waals surface area contributed by atoms with Gasteiger partial charge in [-0.25, -0.2) is 8.78 Å². The molecule has 9 heteroatoms. The van der Waals surface area contributed by atoms with Gasteiger partial charge in [-0.3, -0.25) is 4.79 Å². The van der Waals surface area contributed by atoms with Crippen LogP contribution in [0.4, 0.5) is 8.78 Å². The Labute approximate surface area is 179 Å². The van der Waals surface area contributed by atoms with E-state index in [-0.39, 0.29) is 11.5 Å². The summed E-state index contributed by atoms with van der Waals surface area (Å²) in [7, 11) is 0. The molecule has 2 aromatic carbocycles. The van der Waals surface area contributed by atoms with Crippen LogP contribution in [0, 0.1) is 11.6 Å². The molecule has 0 aliphatic carbocycles. The van der Waals surface area contributed by atoms with Crippen LogP contribution in [0.1, 0.15) is 49.2 Å². The number of rotatable bonds is 5. The lowest BCUT2D eigenvalue weighted by Crippen LogP contribution is -2.54. The van der Waals surface area contributed by atoms with Crippen molar-refractivity contribution in [2.24, 2.45) is 16.5 Å². The first kappa shape index (κ1) is 23.7. The van der Waals surface area contributed by atoms with Gasteiger partial charge >= 0.3 is 0 Å². The minimum atomic E-state index is -1.13. The van der Waals surface area contributed by atoms with Crippen molar-refractivity contribution in [2.75, 3.05) is 0 Å². The minimum Gasteiger partial charge on any atom is -0.351 e. The second-order valence-electron chi connectivity index (χ2n) is 7.92. The Balaban J connectivity index is 2.16. The Morgan fingerprint density at radius 3 is 2.43 bits per heavy atom. The summed E-state index contributed by atoms with van der Waals surface area (Å²) in [6.45, 7) is 5.61. The van der Waals surface area contributed by atoms with Crippen molar-refractivity contribution >= 4 is 23.5 Å². The van der Waals surface area contributed by atoms with Gasteiger partial charge in [0.1, 0.15) is 0 Å². The topological polar surface area (TPSA) is 106 Å². The predicted molar refractivity (Wildman–Crippen MR) is 115 cm³/mol. The molecule has 0 saturated carbocycles. The molecule has 0 aliphatic rings. The van der Waals surface area contributed by atoms with Crippen LogP contribution in [0.3, 0.4) is 0 Å². The molecule has 30 heavy (non-hydrogen) atoms. The first-order valence-corrected chi connectivity index (χ1v) is 9.72. The van der Waals surface area contributed by atoms with Crippen molar-refractivity contribution in [3.05, 3.63) is 70.2 Å². The smallest absolute Gasteiger partial charge is 0.280 e. The molecule has 2 aromatic rings. The predicted octanol–water partition coefficient (Wildman–Crippen LogP) is 3.47. The molecule has 0 aliphatic heterocycles. The van der Waals surface area contributed by atoms with E-state index in [1.165, 1.54) is 0 Å². The van der Waals surface area contributed by atoms with Crippen molar-refractivity contribution < 1.29 is 13.6 Å². The first-order valence-electron chi connectivity index (χ1n) is 9.34. The van der Waals surface area contributed by atoms with E-state index < -0.39 is 35.3 Å². The Morgan fingerprint density at radius 1 is 1.13 bits per heavy atom. The molecular formula is C21H26ClF2N5O. The van der Waals surface area contributed by atoms with Crippen molar-refractivity contribution in [2.45, 2.75) is 44.9 Å². The van der Waals surface area contributed by atoms with Gasteiger partial charge in [0, 0.05) is 22.2 Å². The zero-order valence-electron chi connectivity index (χ0n) is 17.0. The number of nitrogens with zero attached hydrogens (tertiary/aromatic N) is 1. The van der Waals surface area contributed by atoms with E-state index in [0.717, 1.165) is 23.8 Å². The fourth-order valence-electron chi connectivity index (χ4n) is 2.63. The van der Waals surface area contributed by atoms with Crippen LogP contribution in [0.25, 0.3) is 0 Å². The number of carbonyl (C=O) groups excluding carboxylic acids is 1. The highest BCUT2D eigenvalue weighted by atomic mass is 35.5. The number of halogens is 3. The van der Waals surface area contributed by atoms with Gasteiger partial charge in [0.25, 0.3) is 5.91 Å². The molecule has 0 bridgehead atoms. The molecule has 162 valence electrons.